The molecule has 0 spiro atoms. The van der Waals surface area contributed by atoms with E-state index in [1.807, 2.05) is 0 Å². The van der Waals surface area contributed by atoms with Crippen molar-refractivity contribution in [2.75, 3.05) is 26.8 Å². The average molecular weight is 283 g/mol. The maximum absolute atomic E-state index is 12.2. The number of hydrogen-bond donors (Lipinski definition) is 1. The number of carboxylic acid groups (broad SMARTS) is 1. The maximum Gasteiger partial charge on any atom is 0.313 e. The van der Waals surface area contributed by atoms with E-state index in [2.05, 4.69) is 0 Å². The first-order chi connectivity index (χ1) is 9.57. The molecule has 1 aliphatic heterocycles. The number of methoxy groups -OCH3 is 1. The molecule has 0 aromatic rings. The first kappa shape index (κ1) is 15.3. The summed E-state index contributed by atoms with van der Waals surface area (Å²) in [6.07, 6.45) is 7.08. The second-order valence-electron chi connectivity index (χ2n) is 6.27. The molecule has 1 amide bonds. The van der Waals surface area contributed by atoms with Gasteiger partial charge in [-0.25, -0.2) is 0 Å². The lowest BCUT2D eigenvalue weighted by molar-refractivity contribution is -0.151. The van der Waals surface area contributed by atoms with Crippen LogP contribution in [0, 0.1) is 11.3 Å². The van der Waals surface area contributed by atoms with E-state index >= 15 is 0 Å². The van der Waals surface area contributed by atoms with E-state index in [-0.39, 0.29) is 12.5 Å². The summed E-state index contributed by atoms with van der Waals surface area (Å²) < 4.78 is 5.04. The molecule has 1 saturated heterocycles. The van der Waals surface area contributed by atoms with E-state index in [0.29, 0.717) is 31.8 Å². The van der Waals surface area contributed by atoms with Gasteiger partial charge in [0.25, 0.3) is 0 Å². The molecule has 0 aromatic heterocycles. The molecule has 0 radical (unpaired) electrons. The van der Waals surface area contributed by atoms with Gasteiger partial charge in [-0.1, -0.05) is 25.7 Å². The number of carbonyl (C=O) groups is 2. The van der Waals surface area contributed by atoms with E-state index in [0.717, 1.165) is 6.42 Å². The molecule has 114 valence electrons. The summed E-state index contributed by atoms with van der Waals surface area (Å²) in [6.45, 7) is 1.01. The van der Waals surface area contributed by atoms with Crippen molar-refractivity contribution < 1.29 is 19.4 Å². The third-order valence-electron chi connectivity index (χ3n) is 4.82. The zero-order chi connectivity index (χ0) is 14.6. The van der Waals surface area contributed by atoms with Gasteiger partial charge in [-0.15, -0.1) is 0 Å². The van der Waals surface area contributed by atoms with Gasteiger partial charge < -0.3 is 14.7 Å². The second-order valence-corrected chi connectivity index (χ2v) is 6.27. The van der Waals surface area contributed by atoms with Crippen LogP contribution in [0.4, 0.5) is 0 Å². The molecule has 5 heteroatoms. The number of carbonyl (C=O) groups excluding carboxylic acids is 1. The van der Waals surface area contributed by atoms with Gasteiger partial charge in [-0.3, -0.25) is 9.59 Å². The molecule has 1 atom stereocenters. The number of nitrogens with zero attached hydrogens (tertiary/aromatic N) is 1. The van der Waals surface area contributed by atoms with Gasteiger partial charge in [0, 0.05) is 26.6 Å². The molecule has 1 unspecified atom stereocenters. The van der Waals surface area contributed by atoms with Gasteiger partial charge in [0.05, 0.1) is 6.61 Å². The predicted molar refractivity (Wildman–Crippen MR) is 74.3 cm³/mol. The minimum Gasteiger partial charge on any atom is -0.481 e. The van der Waals surface area contributed by atoms with Crippen LogP contribution < -0.4 is 0 Å². The quantitative estimate of drug-likeness (QED) is 0.808. The van der Waals surface area contributed by atoms with Crippen LogP contribution in [0.1, 0.15) is 44.9 Å². The number of aliphatic carboxylic acids is 1. The largest absolute Gasteiger partial charge is 0.481 e. The number of likely N-dealkylation sites (tertiary alicyclic amines) is 1. The molecule has 20 heavy (non-hydrogen) atoms. The lowest BCUT2D eigenvalue weighted by atomic mass is 9.88. The molecule has 1 aliphatic carbocycles. The first-order valence-electron chi connectivity index (χ1n) is 7.57. The van der Waals surface area contributed by atoms with E-state index < -0.39 is 11.4 Å². The molecular weight excluding hydrogens is 258 g/mol. The van der Waals surface area contributed by atoms with Gasteiger partial charge in [-0.2, -0.15) is 0 Å². The van der Waals surface area contributed by atoms with Crippen LogP contribution in [0.15, 0.2) is 0 Å². The van der Waals surface area contributed by atoms with Crippen molar-refractivity contribution in [2.45, 2.75) is 44.9 Å². The van der Waals surface area contributed by atoms with Crippen molar-refractivity contribution in [1.82, 2.24) is 4.90 Å². The molecule has 1 N–H and O–H groups in total. The Morgan fingerprint density at radius 1 is 1.35 bits per heavy atom. The Morgan fingerprint density at radius 2 is 2.05 bits per heavy atom. The van der Waals surface area contributed by atoms with E-state index in [1.54, 1.807) is 4.90 Å². The van der Waals surface area contributed by atoms with Crippen molar-refractivity contribution in [3.05, 3.63) is 0 Å². The Kier molecular flexibility index (Phi) is 5.02. The molecule has 0 bridgehead atoms. The smallest absolute Gasteiger partial charge is 0.313 e. The van der Waals surface area contributed by atoms with Crippen LogP contribution in [0.5, 0.6) is 0 Å². The number of ether oxygens (including phenoxy) is 1. The lowest BCUT2D eigenvalue weighted by Gasteiger charge is -2.24. The van der Waals surface area contributed by atoms with Crippen molar-refractivity contribution in [3.63, 3.8) is 0 Å². The minimum atomic E-state index is -0.905. The van der Waals surface area contributed by atoms with Crippen LogP contribution in [0.2, 0.25) is 0 Å². The van der Waals surface area contributed by atoms with Crippen LogP contribution in [0.3, 0.4) is 0 Å². The number of carboxylic acids is 1. The summed E-state index contributed by atoms with van der Waals surface area (Å²) >= 11 is 0. The third kappa shape index (κ3) is 3.32. The van der Waals surface area contributed by atoms with E-state index in [1.165, 1.54) is 32.8 Å². The van der Waals surface area contributed by atoms with E-state index in [4.69, 9.17) is 4.74 Å². The zero-order valence-corrected chi connectivity index (χ0v) is 12.3. The molecule has 1 heterocycles. The average Bonchev–Trinajstić information content (AvgIpc) is 3.06. The third-order valence-corrected chi connectivity index (χ3v) is 4.82. The van der Waals surface area contributed by atoms with E-state index in [9.17, 15) is 14.7 Å². The molecule has 5 nitrogen and oxygen atoms in total. The maximum atomic E-state index is 12.2. The second kappa shape index (κ2) is 6.57. The van der Waals surface area contributed by atoms with Crippen molar-refractivity contribution in [2.24, 2.45) is 11.3 Å². The summed E-state index contributed by atoms with van der Waals surface area (Å²) in [5.74, 6) is -0.0497. The fraction of sp³-hybridized carbons (Fsp3) is 0.867. The predicted octanol–water partition coefficient (Wildman–Crippen LogP) is 1.91. The Bertz CT molecular complexity index is 365. The van der Waals surface area contributed by atoms with Crippen LogP contribution in [0.25, 0.3) is 0 Å². The molecule has 2 fully saturated rings. The Labute approximate surface area is 120 Å². The monoisotopic (exact) mass is 283 g/mol. The Morgan fingerprint density at radius 3 is 2.65 bits per heavy atom. The van der Waals surface area contributed by atoms with Crippen molar-refractivity contribution in [1.29, 1.82) is 0 Å². The lowest BCUT2D eigenvalue weighted by Crippen LogP contribution is -2.40. The zero-order valence-electron chi connectivity index (χ0n) is 12.3. The molecule has 2 aliphatic rings. The van der Waals surface area contributed by atoms with Gasteiger partial charge in [0.15, 0.2) is 0 Å². The van der Waals surface area contributed by atoms with Crippen LogP contribution in [-0.2, 0) is 14.3 Å². The van der Waals surface area contributed by atoms with Gasteiger partial charge in [-0.05, 0) is 18.8 Å². The normalized spacial score (nSPS) is 27.1. The Balaban J connectivity index is 1.84. The highest BCUT2D eigenvalue weighted by Crippen LogP contribution is 2.33. The molecular formula is C15H25NO4. The van der Waals surface area contributed by atoms with Gasteiger partial charge in [0.2, 0.25) is 5.91 Å². The fourth-order valence-corrected chi connectivity index (χ4v) is 3.50. The topological polar surface area (TPSA) is 66.8 Å². The number of amides is 1. The highest BCUT2D eigenvalue weighted by Gasteiger charge is 2.46. The van der Waals surface area contributed by atoms with Gasteiger partial charge in [0.1, 0.15) is 5.41 Å². The SMILES string of the molecule is COCC1(C(=O)O)CCN(C(=O)CCC2CCCC2)C1. The highest BCUT2D eigenvalue weighted by atomic mass is 16.5. The molecule has 0 aromatic carbocycles. The Hall–Kier alpha value is -1.10. The molecule has 1 saturated carbocycles. The minimum absolute atomic E-state index is 0.108. The number of hydrogen-bond acceptors (Lipinski definition) is 3. The van der Waals surface area contributed by atoms with Gasteiger partial charge >= 0.3 is 5.97 Å². The van der Waals surface area contributed by atoms with Crippen LogP contribution >= 0.6 is 0 Å². The standard InChI is InChI=1S/C15H25NO4/c1-20-11-15(14(18)19)8-9-16(10-15)13(17)7-6-12-4-2-3-5-12/h12H,2-11H2,1H3,(H,18,19). The fourth-order valence-electron chi connectivity index (χ4n) is 3.50. The molecule has 2 rings (SSSR count). The first-order valence-corrected chi connectivity index (χ1v) is 7.57. The number of rotatable bonds is 6. The van der Waals surface area contributed by atoms with Crippen molar-refractivity contribution in [3.8, 4) is 0 Å². The summed E-state index contributed by atoms with van der Waals surface area (Å²) in [7, 11) is 1.51. The summed E-state index contributed by atoms with van der Waals surface area (Å²) in [5, 5.41) is 9.38. The highest BCUT2D eigenvalue weighted by molar-refractivity contribution is 5.80. The van der Waals surface area contributed by atoms with Crippen molar-refractivity contribution >= 4 is 11.9 Å². The summed E-state index contributed by atoms with van der Waals surface area (Å²) in [6, 6.07) is 0. The summed E-state index contributed by atoms with van der Waals surface area (Å²) in [4.78, 5) is 25.3. The van der Waals surface area contributed by atoms with Crippen LogP contribution in [-0.4, -0.2) is 48.7 Å². The summed E-state index contributed by atoms with van der Waals surface area (Å²) in [5.41, 5.74) is -0.905.